The predicted octanol–water partition coefficient (Wildman–Crippen LogP) is 0.445. The van der Waals surface area contributed by atoms with Crippen LogP contribution in [0.4, 0.5) is 5.69 Å². The second-order valence-electron chi connectivity index (χ2n) is 3.86. The molecule has 0 spiro atoms. The summed E-state index contributed by atoms with van der Waals surface area (Å²) in [7, 11) is 0. The summed E-state index contributed by atoms with van der Waals surface area (Å²) in [5, 5.41) is 3.27. The van der Waals surface area contributed by atoms with E-state index in [9.17, 15) is 4.79 Å². The molecule has 1 unspecified atom stereocenters. The van der Waals surface area contributed by atoms with Crippen LogP contribution in [0.15, 0.2) is 18.2 Å². The quantitative estimate of drug-likeness (QED) is 0.613. The number of nitrogens with one attached hydrogen (secondary N) is 1. The topological polar surface area (TPSA) is 81.1 Å². The highest BCUT2D eigenvalue weighted by Crippen LogP contribution is 2.29. The Labute approximate surface area is 88.6 Å². The van der Waals surface area contributed by atoms with Crippen molar-refractivity contribution in [3.8, 4) is 0 Å². The van der Waals surface area contributed by atoms with Gasteiger partial charge in [-0.3, -0.25) is 4.79 Å². The summed E-state index contributed by atoms with van der Waals surface area (Å²) >= 11 is 0. The molecular formula is C11H15N3O. The smallest absolute Gasteiger partial charge is 0.250 e. The molecular weight excluding hydrogens is 190 g/mol. The number of hydrogen-bond acceptors (Lipinski definition) is 3. The molecule has 1 fully saturated rings. The van der Waals surface area contributed by atoms with Gasteiger partial charge in [-0.25, -0.2) is 0 Å². The molecule has 1 aromatic carbocycles. The van der Waals surface area contributed by atoms with Crippen LogP contribution in [-0.2, 0) is 0 Å². The van der Waals surface area contributed by atoms with Gasteiger partial charge in [0.2, 0.25) is 0 Å². The molecule has 0 bridgehead atoms. The van der Waals surface area contributed by atoms with E-state index in [0.29, 0.717) is 17.2 Å². The summed E-state index contributed by atoms with van der Waals surface area (Å²) in [6.45, 7) is 1.93. The fourth-order valence-electron chi connectivity index (χ4n) is 2.07. The van der Waals surface area contributed by atoms with Gasteiger partial charge in [-0.1, -0.05) is 12.1 Å². The molecule has 2 rings (SSSR count). The fraction of sp³-hybridized carbons (Fsp3) is 0.364. The Balaban J connectivity index is 2.39. The summed E-state index contributed by atoms with van der Waals surface area (Å²) in [6, 6.07) is 5.48. The van der Waals surface area contributed by atoms with Gasteiger partial charge in [0.25, 0.3) is 5.91 Å². The molecule has 0 radical (unpaired) electrons. The number of carbonyl (C=O) groups is 1. The molecule has 4 nitrogen and oxygen atoms in total. The third kappa shape index (κ3) is 1.80. The minimum absolute atomic E-state index is 0.407. The molecule has 4 heteroatoms. The Morgan fingerprint density at radius 2 is 2.27 bits per heavy atom. The van der Waals surface area contributed by atoms with Crippen molar-refractivity contribution < 1.29 is 4.79 Å². The van der Waals surface area contributed by atoms with Gasteiger partial charge in [0, 0.05) is 12.2 Å². The molecule has 1 aliphatic rings. The average molecular weight is 205 g/mol. The first-order chi connectivity index (χ1) is 7.20. The first-order valence-electron chi connectivity index (χ1n) is 5.09. The number of nitrogens with two attached hydrogens (primary N) is 2. The SMILES string of the molecule is NC(=O)c1cccc(C2CCNC2)c1N. The summed E-state index contributed by atoms with van der Waals surface area (Å²) < 4.78 is 0. The lowest BCUT2D eigenvalue weighted by atomic mass is 9.94. The number of benzene rings is 1. The minimum atomic E-state index is -0.458. The molecule has 0 aliphatic carbocycles. The van der Waals surface area contributed by atoms with Crippen molar-refractivity contribution in [2.75, 3.05) is 18.8 Å². The lowest BCUT2D eigenvalue weighted by Gasteiger charge is -2.13. The molecule has 1 atom stereocenters. The number of para-hydroxylation sites is 1. The van der Waals surface area contributed by atoms with Gasteiger partial charge in [-0.15, -0.1) is 0 Å². The van der Waals surface area contributed by atoms with E-state index in [1.807, 2.05) is 12.1 Å². The molecule has 1 amide bonds. The van der Waals surface area contributed by atoms with E-state index in [1.165, 1.54) is 0 Å². The van der Waals surface area contributed by atoms with Crippen LogP contribution in [0.5, 0.6) is 0 Å². The van der Waals surface area contributed by atoms with Crippen LogP contribution < -0.4 is 16.8 Å². The molecule has 0 saturated carbocycles. The van der Waals surface area contributed by atoms with E-state index < -0.39 is 5.91 Å². The van der Waals surface area contributed by atoms with Crippen LogP contribution in [0.3, 0.4) is 0 Å². The van der Waals surface area contributed by atoms with Crippen molar-refractivity contribution in [3.05, 3.63) is 29.3 Å². The largest absolute Gasteiger partial charge is 0.398 e. The van der Waals surface area contributed by atoms with Crippen LogP contribution in [0.1, 0.15) is 28.3 Å². The summed E-state index contributed by atoms with van der Waals surface area (Å²) in [6.07, 6.45) is 1.06. The summed E-state index contributed by atoms with van der Waals surface area (Å²) in [5.74, 6) is -0.0513. The fourth-order valence-corrected chi connectivity index (χ4v) is 2.07. The second kappa shape index (κ2) is 3.90. The Morgan fingerprint density at radius 1 is 1.47 bits per heavy atom. The zero-order valence-electron chi connectivity index (χ0n) is 8.49. The number of nitrogen functional groups attached to an aromatic ring is 1. The van der Waals surface area contributed by atoms with Gasteiger partial charge in [-0.05, 0) is 30.5 Å². The highest BCUT2D eigenvalue weighted by Gasteiger charge is 2.20. The highest BCUT2D eigenvalue weighted by atomic mass is 16.1. The van der Waals surface area contributed by atoms with Gasteiger partial charge < -0.3 is 16.8 Å². The van der Waals surface area contributed by atoms with E-state index >= 15 is 0 Å². The van der Waals surface area contributed by atoms with Crippen molar-refractivity contribution in [1.82, 2.24) is 5.32 Å². The maximum absolute atomic E-state index is 11.1. The number of hydrogen-bond donors (Lipinski definition) is 3. The van der Waals surface area contributed by atoms with Crippen molar-refractivity contribution in [1.29, 1.82) is 0 Å². The molecule has 5 N–H and O–H groups in total. The number of carbonyl (C=O) groups excluding carboxylic acids is 1. The zero-order chi connectivity index (χ0) is 10.8. The highest BCUT2D eigenvalue weighted by molar-refractivity contribution is 5.98. The van der Waals surface area contributed by atoms with Crippen LogP contribution in [0.2, 0.25) is 0 Å². The first kappa shape index (κ1) is 9.98. The lowest BCUT2D eigenvalue weighted by Crippen LogP contribution is -2.16. The third-order valence-corrected chi connectivity index (χ3v) is 2.91. The first-order valence-corrected chi connectivity index (χ1v) is 5.09. The van der Waals surface area contributed by atoms with Gasteiger partial charge in [0.1, 0.15) is 0 Å². The number of rotatable bonds is 2. The zero-order valence-corrected chi connectivity index (χ0v) is 8.49. The Bertz CT molecular complexity index is 383. The predicted molar refractivity (Wildman–Crippen MR) is 59.6 cm³/mol. The van der Waals surface area contributed by atoms with Crippen LogP contribution >= 0.6 is 0 Å². The molecule has 1 saturated heterocycles. The van der Waals surface area contributed by atoms with E-state index in [-0.39, 0.29) is 0 Å². The number of anilines is 1. The molecule has 0 aromatic heterocycles. The molecule has 1 aromatic rings. The molecule has 1 aliphatic heterocycles. The maximum atomic E-state index is 11.1. The third-order valence-electron chi connectivity index (χ3n) is 2.91. The minimum Gasteiger partial charge on any atom is -0.398 e. The average Bonchev–Trinajstić information content (AvgIpc) is 2.70. The van der Waals surface area contributed by atoms with E-state index in [1.54, 1.807) is 6.07 Å². The van der Waals surface area contributed by atoms with Gasteiger partial charge in [0.15, 0.2) is 0 Å². The second-order valence-corrected chi connectivity index (χ2v) is 3.86. The molecule has 80 valence electrons. The normalized spacial score (nSPS) is 20.4. The van der Waals surface area contributed by atoms with E-state index in [2.05, 4.69) is 5.32 Å². The summed E-state index contributed by atoms with van der Waals surface area (Å²) in [5.41, 5.74) is 13.2. The summed E-state index contributed by atoms with van der Waals surface area (Å²) in [4.78, 5) is 11.1. The van der Waals surface area contributed by atoms with Crippen LogP contribution in [0, 0.1) is 0 Å². The van der Waals surface area contributed by atoms with Crippen LogP contribution in [-0.4, -0.2) is 19.0 Å². The number of amides is 1. The maximum Gasteiger partial charge on any atom is 0.250 e. The van der Waals surface area contributed by atoms with Crippen LogP contribution in [0.25, 0.3) is 0 Å². The standard InChI is InChI=1S/C11H15N3O/c12-10-8(7-4-5-14-6-7)2-1-3-9(10)11(13)15/h1-3,7,14H,4-6,12H2,(H2,13,15). The van der Waals surface area contributed by atoms with Gasteiger partial charge in [-0.2, -0.15) is 0 Å². The van der Waals surface area contributed by atoms with E-state index in [4.69, 9.17) is 11.5 Å². The van der Waals surface area contributed by atoms with Crippen molar-refractivity contribution in [2.24, 2.45) is 5.73 Å². The Kier molecular flexibility index (Phi) is 2.60. The number of primary amides is 1. The van der Waals surface area contributed by atoms with Crippen molar-refractivity contribution in [2.45, 2.75) is 12.3 Å². The molecule has 1 heterocycles. The monoisotopic (exact) mass is 205 g/mol. The Morgan fingerprint density at radius 3 is 2.87 bits per heavy atom. The van der Waals surface area contributed by atoms with Crippen molar-refractivity contribution in [3.63, 3.8) is 0 Å². The van der Waals surface area contributed by atoms with Crippen molar-refractivity contribution >= 4 is 11.6 Å². The molecule has 15 heavy (non-hydrogen) atoms. The van der Waals surface area contributed by atoms with Gasteiger partial charge >= 0.3 is 0 Å². The van der Waals surface area contributed by atoms with E-state index in [0.717, 1.165) is 25.1 Å². The Hall–Kier alpha value is -1.55. The van der Waals surface area contributed by atoms with Gasteiger partial charge in [0.05, 0.1) is 5.56 Å². The lowest BCUT2D eigenvalue weighted by molar-refractivity contribution is 0.100.